The van der Waals surface area contributed by atoms with Crippen molar-refractivity contribution < 1.29 is 4.79 Å². The van der Waals surface area contributed by atoms with Crippen LogP contribution in [0.15, 0.2) is 42.3 Å². The van der Waals surface area contributed by atoms with Gasteiger partial charge in [0.15, 0.2) is 5.13 Å². The number of nitrogens with zero attached hydrogens (tertiary/aromatic N) is 4. The molecular weight excluding hydrogens is 288 g/mol. The molecule has 2 aromatic heterocycles. The third-order valence-corrected chi connectivity index (χ3v) is 3.45. The van der Waals surface area contributed by atoms with E-state index in [9.17, 15) is 4.79 Å². The third-order valence-electron chi connectivity index (χ3n) is 2.78. The van der Waals surface area contributed by atoms with Crippen molar-refractivity contribution >= 4 is 28.1 Å². The van der Waals surface area contributed by atoms with E-state index in [-0.39, 0.29) is 5.91 Å². The molecular formula is C13H12N6OS. The number of nitrogens with one attached hydrogen (secondary N) is 1. The first-order valence-corrected chi connectivity index (χ1v) is 7.02. The molecule has 0 aliphatic rings. The van der Waals surface area contributed by atoms with E-state index >= 15 is 0 Å². The number of nitrogens with two attached hydrogens (primary N) is 1. The van der Waals surface area contributed by atoms with E-state index in [1.165, 1.54) is 17.7 Å². The molecule has 0 saturated heterocycles. The lowest BCUT2D eigenvalue weighted by Crippen LogP contribution is -2.12. The molecule has 106 valence electrons. The summed E-state index contributed by atoms with van der Waals surface area (Å²) < 4.78 is 1.73. The first kappa shape index (κ1) is 13.3. The fraction of sp³-hybridized carbons (Fsp3) is 0.0769. The summed E-state index contributed by atoms with van der Waals surface area (Å²) in [5, 5.41) is 8.82. The second-order valence-corrected chi connectivity index (χ2v) is 5.20. The van der Waals surface area contributed by atoms with Crippen LogP contribution in [0, 0.1) is 0 Å². The van der Waals surface area contributed by atoms with E-state index in [2.05, 4.69) is 20.4 Å². The van der Waals surface area contributed by atoms with E-state index in [4.69, 9.17) is 5.73 Å². The Morgan fingerprint density at radius 3 is 2.76 bits per heavy atom. The fourth-order valence-corrected chi connectivity index (χ4v) is 2.33. The monoisotopic (exact) mass is 300 g/mol. The third kappa shape index (κ3) is 3.23. The lowest BCUT2D eigenvalue weighted by atomic mass is 10.2. The number of hydrogen-bond donors (Lipinski definition) is 2. The summed E-state index contributed by atoms with van der Waals surface area (Å²) in [5.41, 5.74) is 7.60. The van der Waals surface area contributed by atoms with Crippen LogP contribution in [-0.4, -0.2) is 25.7 Å². The predicted octanol–water partition coefficient (Wildman–Crippen LogP) is 1.62. The fourth-order valence-electron chi connectivity index (χ4n) is 1.78. The van der Waals surface area contributed by atoms with Crippen molar-refractivity contribution in [2.24, 2.45) is 0 Å². The first-order chi connectivity index (χ1) is 10.2. The molecule has 2 heterocycles. The van der Waals surface area contributed by atoms with Gasteiger partial charge in [-0.25, -0.2) is 14.6 Å². The molecule has 0 aliphatic carbocycles. The maximum Gasteiger partial charge on any atom is 0.275 e. The van der Waals surface area contributed by atoms with Crippen molar-refractivity contribution in [3.8, 4) is 0 Å². The molecule has 0 unspecified atom stereocenters. The van der Waals surface area contributed by atoms with Crippen LogP contribution in [0.2, 0.25) is 0 Å². The van der Waals surface area contributed by atoms with Crippen LogP contribution in [0.4, 0.5) is 10.8 Å². The Morgan fingerprint density at radius 2 is 2.14 bits per heavy atom. The molecule has 0 aliphatic heterocycles. The molecule has 7 nitrogen and oxygen atoms in total. The number of thiazole rings is 1. The maximum atomic E-state index is 11.9. The molecule has 21 heavy (non-hydrogen) atoms. The second kappa shape index (κ2) is 5.71. The number of benzene rings is 1. The minimum atomic E-state index is -0.271. The highest BCUT2D eigenvalue weighted by molar-refractivity contribution is 7.13. The van der Waals surface area contributed by atoms with Crippen LogP contribution >= 0.6 is 11.3 Å². The molecule has 0 radical (unpaired) electrons. The van der Waals surface area contributed by atoms with E-state index in [1.54, 1.807) is 16.4 Å². The summed E-state index contributed by atoms with van der Waals surface area (Å²) in [6.45, 7) is 0.636. The highest BCUT2D eigenvalue weighted by atomic mass is 32.1. The minimum Gasteiger partial charge on any atom is -0.375 e. The number of carbonyl (C=O) groups excluding carboxylic acids is 1. The number of anilines is 2. The van der Waals surface area contributed by atoms with E-state index in [1.807, 2.05) is 24.3 Å². The van der Waals surface area contributed by atoms with E-state index in [0.29, 0.717) is 23.1 Å². The highest BCUT2D eigenvalue weighted by Gasteiger charge is 2.09. The summed E-state index contributed by atoms with van der Waals surface area (Å²) >= 11 is 1.24. The quantitative estimate of drug-likeness (QED) is 0.762. The van der Waals surface area contributed by atoms with Gasteiger partial charge in [-0.1, -0.05) is 12.1 Å². The summed E-state index contributed by atoms with van der Waals surface area (Å²) in [6, 6.07) is 7.51. The Labute approximate surface area is 124 Å². The van der Waals surface area contributed by atoms with Crippen molar-refractivity contribution in [3.05, 3.63) is 53.6 Å². The zero-order chi connectivity index (χ0) is 14.7. The Balaban J connectivity index is 1.65. The van der Waals surface area contributed by atoms with Crippen molar-refractivity contribution in [2.45, 2.75) is 6.54 Å². The average molecular weight is 300 g/mol. The molecule has 1 amide bonds. The number of amides is 1. The lowest BCUT2D eigenvalue weighted by Gasteiger charge is -2.05. The smallest absolute Gasteiger partial charge is 0.275 e. The molecule has 0 fully saturated rings. The first-order valence-electron chi connectivity index (χ1n) is 6.14. The number of carbonyl (C=O) groups is 1. The standard InChI is InChI=1S/C13H12N6OS/c14-13-18-11(6-21-13)12(20)17-10-3-1-9(2-4-10)5-19-8-15-7-16-19/h1-4,6-8H,5H2,(H2,14,18)(H,17,20). The normalized spacial score (nSPS) is 10.5. The Bertz CT molecular complexity index is 734. The van der Waals surface area contributed by atoms with Gasteiger partial charge in [-0.05, 0) is 17.7 Å². The lowest BCUT2D eigenvalue weighted by molar-refractivity contribution is 0.102. The van der Waals surface area contributed by atoms with Crippen molar-refractivity contribution in [1.82, 2.24) is 19.7 Å². The van der Waals surface area contributed by atoms with Gasteiger partial charge in [0.1, 0.15) is 18.3 Å². The Hall–Kier alpha value is -2.74. The molecule has 8 heteroatoms. The van der Waals surface area contributed by atoms with E-state index < -0.39 is 0 Å². The SMILES string of the molecule is Nc1nc(C(=O)Nc2ccc(Cn3cncn3)cc2)cs1. The van der Waals surface area contributed by atoms with Gasteiger partial charge >= 0.3 is 0 Å². The maximum absolute atomic E-state index is 11.9. The Morgan fingerprint density at radius 1 is 1.33 bits per heavy atom. The molecule has 0 bridgehead atoms. The van der Waals surface area contributed by atoms with Crippen LogP contribution in [-0.2, 0) is 6.54 Å². The number of rotatable bonds is 4. The van der Waals surface area contributed by atoms with Crippen molar-refractivity contribution in [2.75, 3.05) is 11.1 Å². The van der Waals surface area contributed by atoms with Gasteiger partial charge in [-0.3, -0.25) is 4.79 Å². The van der Waals surface area contributed by atoms with Crippen molar-refractivity contribution in [1.29, 1.82) is 0 Å². The minimum absolute atomic E-state index is 0.271. The molecule has 0 saturated carbocycles. The van der Waals surface area contributed by atoms with Crippen LogP contribution < -0.4 is 11.1 Å². The van der Waals surface area contributed by atoms with Gasteiger partial charge in [0.2, 0.25) is 0 Å². The summed E-state index contributed by atoms with van der Waals surface area (Å²) in [5.74, 6) is -0.271. The molecule has 3 aromatic rings. The molecule has 3 N–H and O–H groups in total. The topological polar surface area (TPSA) is 98.7 Å². The molecule has 0 spiro atoms. The van der Waals surface area contributed by atoms with Crippen LogP contribution in [0.1, 0.15) is 16.1 Å². The highest BCUT2D eigenvalue weighted by Crippen LogP contribution is 2.15. The predicted molar refractivity (Wildman–Crippen MR) is 80.0 cm³/mol. The van der Waals surface area contributed by atoms with Crippen LogP contribution in [0.3, 0.4) is 0 Å². The van der Waals surface area contributed by atoms with Crippen LogP contribution in [0.25, 0.3) is 0 Å². The summed E-state index contributed by atoms with van der Waals surface area (Å²) in [4.78, 5) is 19.8. The van der Waals surface area contributed by atoms with Gasteiger partial charge in [0.25, 0.3) is 5.91 Å². The zero-order valence-electron chi connectivity index (χ0n) is 10.9. The van der Waals surface area contributed by atoms with Crippen molar-refractivity contribution in [3.63, 3.8) is 0 Å². The van der Waals surface area contributed by atoms with Gasteiger partial charge in [-0.2, -0.15) is 5.10 Å². The average Bonchev–Trinajstić information content (AvgIpc) is 3.12. The number of aromatic nitrogens is 4. The van der Waals surface area contributed by atoms with Crippen LogP contribution in [0.5, 0.6) is 0 Å². The Kier molecular flexibility index (Phi) is 3.61. The summed E-state index contributed by atoms with van der Waals surface area (Å²) in [7, 11) is 0. The molecule has 0 atom stereocenters. The number of hydrogen-bond acceptors (Lipinski definition) is 6. The molecule has 1 aromatic carbocycles. The second-order valence-electron chi connectivity index (χ2n) is 4.32. The van der Waals surface area contributed by atoms with Gasteiger partial charge in [0, 0.05) is 11.1 Å². The number of nitrogen functional groups attached to an aromatic ring is 1. The summed E-state index contributed by atoms with van der Waals surface area (Å²) in [6.07, 6.45) is 3.15. The molecule has 3 rings (SSSR count). The van der Waals surface area contributed by atoms with Gasteiger partial charge in [-0.15, -0.1) is 11.3 Å². The largest absolute Gasteiger partial charge is 0.375 e. The van der Waals surface area contributed by atoms with Gasteiger partial charge in [0.05, 0.1) is 6.54 Å². The zero-order valence-corrected chi connectivity index (χ0v) is 11.7. The van der Waals surface area contributed by atoms with Gasteiger partial charge < -0.3 is 11.1 Å². The van der Waals surface area contributed by atoms with E-state index in [0.717, 1.165) is 5.56 Å².